The normalized spacial score (nSPS) is 16.3. The maximum atomic E-state index is 13.2. The first kappa shape index (κ1) is 24.8. The number of imidazole rings is 1. The second-order valence-electron chi connectivity index (χ2n) is 8.01. The number of piperazine rings is 1. The monoisotopic (exact) mass is 450 g/mol. The number of nitrogens with zero attached hydrogens (tertiary/aromatic N) is 4. The number of hydrogen-bond donors (Lipinski definition) is 1. The number of amides is 1. The van der Waals surface area contributed by atoms with Crippen molar-refractivity contribution < 1.29 is 37.3 Å². The molecule has 176 valence electrons. The lowest BCUT2D eigenvalue weighted by atomic mass is 10.2. The van der Waals surface area contributed by atoms with Crippen LogP contribution in [0.4, 0.5) is 23.9 Å². The Kier molecular flexibility index (Phi) is 7.45. The maximum absolute atomic E-state index is 13.2. The molecule has 2 rings (SSSR count). The minimum Gasteiger partial charge on any atom is -0.461 e. The second kappa shape index (κ2) is 9.33. The van der Waals surface area contributed by atoms with Crippen LogP contribution in [0, 0.1) is 0 Å². The fraction of sp³-hybridized carbons (Fsp3) is 0.737. The molecule has 1 unspecified atom stereocenters. The Morgan fingerprint density at radius 3 is 2.16 bits per heavy atom. The molecule has 2 heterocycles. The lowest BCUT2D eigenvalue weighted by Crippen LogP contribution is -2.50. The van der Waals surface area contributed by atoms with E-state index in [0.717, 1.165) is 0 Å². The van der Waals surface area contributed by atoms with E-state index < -0.39 is 41.3 Å². The number of aromatic nitrogens is 2. The third-order valence-corrected chi connectivity index (χ3v) is 4.54. The van der Waals surface area contributed by atoms with E-state index in [9.17, 15) is 27.9 Å². The number of ether oxygens (including phenoxy) is 2. The van der Waals surface area contributed by atoms with Crippen LogP contribution in [0.25, 0.3) is 0 Å². The van der Waals surface area contributed by atoms with Crippen molar-refractivity contribution in [3.8, 4) is 0 Å². The average molecular weight is 450 g/mol. The van der Waals surface area contributed by atoms with Crippen LogP contribution in [0.15, 0.2) is 0 Å². The van der Waals surface area contributed by atoms with Crippen LogP contribution in [0.1, 0.15) is 56.9 Å². The molecule has 1 aliphatic rings. The van der Waals surface area contributed by atoms with Crippen molar-refractivity contribution in [2.75, 3.05) is 37.7 Å². The summed E-state index contributed by atoms with van der Waals surface area (Å²) in [6.45, 7) is 9.58. The summed E-state index contributed by atoms with van der Waals surface area (Å²) in [6.07, 6.45) is -8.41. The first-order valence-corrected chi connectivity index (χ1v) is 10.0. The summed E-state index contributed by atoms with van der Waals surface area (Å²) in [5.74, 6) is -0.888. The predicted molar refractivity (Wildman–Crippen MR) is 105 cm³/mol. The van der Waals surface area contributed by atoms with Crippen LogP contribution in [0.3, 0.4) is 0 Å². The molecule has 0 aliphatic carbocycles. The maximum Gasteiger partial charge on any atom is 0.420 e. The van der Waals surface area contributed by atoms with Gasteiger partial charge in [-0.25, -0.2) is 14.6 Å². The van der Waals surface area contributed by atoms with Gasteiger partial charge in [-0.1, -0.05) is 0 Å². The molecule has 31 heavy (non-hydrogen) atoms. The van der Waals surface area contributed by atoms with Gasteiger partial charge in [-0.2, -0.15) is 13.2 Å². The van der Waals surface area contributed by atoms with Crippen LogP contribution < -0.4 is 4.90 Å². The zero-order valence-corrected chi connectivity index (χ0v) is 18.3. The number of aliphatic hydroxyl groups is 1. The lowest BCUT2D eigenvalue weighted by molar-refractivity contribution is -0.208. The van der Waals surface area contributed by atoms with Gasteiger partial charge < -0.3 is 28.9 Å². The number of carbonyl (C=O) groups is 2. The van der Waals surface area contributed by atoms with Gasteiger partial charge in [0.15, 0.2) is 11.8 Å². The van der Waals surface area contributed by atoms with Gasteiger partial charge in [0.2, 0.25) is 5.95 Å². The van der Waals surface area contributed by atoms with E-state index in [4.69, 9.17) is 9.47 Å². The highest BCUT2D eigenvalue weighted by molar-refractivity contribution is 5.90. The fourth-order valence-electron chi connectivity index (χ4n) is 3.18. The highest BCUT2D eigenvalue weighted by Crippen LogP contribution is 2.36. The van der Waals surface area contributed by atoms with Crippen molar-refractivity contribution in [2.24, 2.45) is 0 Å². The summed E-state index contributed by atoms with van der Waals surface area (Å²) in [4.78, 5) is 31.8. The molecule has 1 aromatic heterocycles. The molecular formula is C19H29F3N4O5. The minimum atomic E-state index is -5.00. The molecular weight excluding hydrogens is 421 g/mol. The van der Waals surface area contributed by atoms with E-state index in [1.165, 1.54) is 16.4 Å². The van der Waals surface area contributed by atoms with Gasteiger partial charge in [0.25, 0.3) is 0 Å². The molecule has 12 heteroatoms. The second-order valence-corrected chi connectivity index (χ2v) is 8.01. The molecule has 0 bridgehead atoms. The van der Waals surface area contributed by atoms with Gasteiger partial charge >= 0.3 is 18.2 Å². The number of hydrogen-bond acceptors (Lipinski definition) is 7. The van der Waals surface area contributed by atoms with E-state index in [-0.39, 0.29) is 45.3 Å². The number of alkyl halides is 3. The highest BCUT2D eigenvalue weighted by Gasteiger charge is 2.45. The van der Waals surface area contributed by atoms with Crippen molar-refractivity contribution >= 4 is 18.0 Å². The molecule has 1 saturated heterocycles. The van der Waals surface area contributed by atoms with Gasteiger partial charge in [-0.3, -0.25) is 0 Å². The Morgan fingerprint density at radius 2 is 1.71 bits per heavy atom. The van der Waals surface area contributed by atoms with Crippen LogP contribution in [-0.4, -0.2) is 76.2 Å². The fourth-order valence-corrected chi connectivity index (χ4v) is 3.18. The highest BCUT2D eigenvalue weighted by atomic mass is 19.4. The van der Waals surface area contributed by atoms with Crippen LogP contribution >= 0.6 is 0 Å². The van der Waals surface area contributed by atoms with E-state index in [1.807, 2.05) is 0 Å². The molecule has 0 spiro atoms. The molecule has 0 saturated carbocycles. The molecule has 9 nitrogen and oxygen atoms in total. The molecule has 1 N–H and O–H groups in total. The molecule has 1 aliphatic heterocycles. The molecule has 1 aromatic rings. The Bertz CT molecular complexity index is 796. The van der Waals surface area contributed by atoms with Crippen LogP contribution in [0.5, 0.6) is 0 Å². The Balaban J connectivity index is 2.33. The molecule has 1 atom stereocenters. The predicted octanol–water partition coefficient (Wildman–Crippen LogP) is 2.73. The smallest absolute Gasteiger partial charge is 0.420 e. The van der Waals surface area contributed by atoms with Crippen molar-refractivity contribution in [1.29, 1.82) is 0 Å². The Labute approximate surface area is 178 Å². The van der Waals surface area contributed by atoms with Crippen LogP contribution in [0.2, 0.25) is 0 Å². The number of rotatable bonds is 5. The Morgan fingerprint density at radius 1 is 1.13 bits per heavy atom. The topological polar surface area (TPSA) is 97.1 Å². The van der Waals surface area contributed by atoms with Gasteiger partial charge in [-0.15, -0.1) is 0 Å². The van der Waals surface area contributed by atoms with Crippen molar-refractivity contribution in [2.45, 2.75) is 59.0 Å². The number of esters is 1. The Hall–Kier alpha value is -2.50. The summed E-state index contributed by atoms with van der Waals surface area (Å²) in [7, 11) is 0. The first-order valence-electron chi connectivity index (χ1n) is 10.0. The molecule has 1 amide bonds. The quantitative estimate of drug-likeness (QED) is 0.689. The summed E-state index contributed by atoms with van der Waals surface area (Å²) in [5, 5.41) is 9.81. The number of carbonyl (C=O) groups excluding carboxylic acids is 2. The molecule has 0 aromatic carbocycles. The molecule has 0 radical (unpaired) electrons. The lowest BCUT2D eigenvalue weighted by Gasteiger charge is -2.36. The van der Waals surface area contributed by atoms with E-state index in [0.29, 0.717) is 0 Å². The first-order chi connectivity index (χ1) is 14.3. The SMILES string of the molecule is CCOC(=O)c1c(C(O)C(F)(F)F)nc(N2CCN(C(=O)OC(C)(C)C)CC2)n1CC. The van der Waals surface area contributed by atoms with E-state index in [1.54, 1.807) is 32.6 Å². The summed E-state index contributed by atoms with van der Waals surface area (Å²) < 4.78 is 51.2. The van der Waals surface area contributed by atoms with Crippen molar-refractivity contribution in [1.82, 2.24) is 14.5 Å². The number of anilines is 1. The number of halogens is 3. The minimum absolute atomic E-state index is 0.0425. The standard InChI is InChI=1S/C19H29F3N4O5/c1-6-26-13(15(28)30-7-2)12(14(27)19(20,21)22)23-16(26)24-8-10-25(11-9-24)17(29)31-18(3,4)5/h14,27H,6-11H2,1-5H3. The third-order valence-electron chi connectivity index (χ3n) is 4.54. The largest absolute Gasteiger partial charge is 0.461 e. The van der Waals surface area contributed by atoms with E-state index in [2.05, 4.69) is 4.98 Å². The summed E-state index contributed by atoms with van der Waals surface area (Å²) in [5.41, 5.74) is -1.87. The summed E-state index contributed by atoms with van der Waals surface area (Å²) >= 11 is 0. The summed E-state index contributed by atoms with van der Waals surface area (Å²) in [6, 6.07) is 0. The van der Waals surface area contributed by atoms with Gasteiger partial charge in [0.1, 0.15) is 11.3 Å². The zero-order chi connectivity index (χ0) is 23.6. The van der Waals surface area contributed by atoms with Crippen molar-refractivity contribution in [3.63, 3.8) is 0 Å². The molecule has 1 fully saturated rings. The van der Waals surface area contributed by atoms with Crippen LogP contribution in [-0.2, 0) is 16.0 Å². The zero-order valence-electron chi connectivity index (χ0n) is 18.3. The van der Waals surface area contributed by atoms with Crippen molar-refractivity contribution in [3.05, 3.63) is 11.4 Å². The van der Waals surface area contributed by atoms with Gasteiger partial charge in [0.05, 0.1) is 6.61 Å². The van der Waals surface area contributed by atoms with Gasteiger partial charge in [-0.05, 0) is 34.6 Å². The number of aliphatic hydroxyl groups excluding tert-OH is 1. The van der Waals surface area contributed by atoms with Gasteiger partial charge in [0, 0.05) is 32.7 Å². The average Bonchev–Trinajstić information content (AvgIpc) is 3.05. The van der Waals surface area contributed by atoms with E-state index >= 15 is 0 Å². The third kappa shape index (κ3) is 5.81.